The first-order chi connectivity index (χ1) is 10.2. The lowest BCUT2D eigenvalue weighted by atomic mass is 10.1. The number of halogens is 1. The number of aryl methyl sites for hydroxylation is 1. The van der Waals surface area contributed by atoms with Crippen LogP contribution in [0.3, 0.4) is 0 Å². The predicted molar refractivity (Wildman–Crippen MR) is 86.3 cm³/mol. The number of amides is 1. The van der Waals surface area contributed by atoms with E-state index in [2.05, 4.69) is 20.2 Å². The second-order valence-corrected chi connectivity index (χ2v) is 6.99. The zero-order valence-corrected chi connectivity index (χ0v) is 14.3. The highest BCUT2D eigenvalue weighted by Crippen LogP contribution is 2.22. The summed E-state index contributed by atoms with van der Waals surface area (Å²) in [7, 11) is 0. The highest BCUT2D eigenvalue weighted by molar-refractivity contribution is 6.30. The molecule has 1 aromatic rings. The van der Waals surface area contributed by atoms with Gasteiger partial charge in [0.15, 0.2) is 0 Å². The number of nitrogens with one attached hydrogen (secondary N) is 1. The van der Waals surface area contributed by atoms with Crippen LogP contribution < -0.4 is 10.2 Å². The van der Waals surface area contributed by atoms with Crippen molar-refractivity contribution in [1.82, 2.24) is 15.3 Å². The van der Waals surface area contributed by atoms with E-state index < -0.39 is 5.60 Å². The van der Waals surface area contributed by atoms with Gasteiger partial charge in [-0.15, -0.1) is 0 Å². The Kier molecular flexibility index (Phi) is 5.11. The minimum Gasteiger partial charge on any atom is -0.444 e. The summed E-state index contributed by atoms with van der Waals surface area (Å²) in [6.07, 6.45) is 2.34. The largest absolute Gasteiger partial charge is 0.444 e. The molecule has 1 unspecified atom stereocenters. The molecule has 1 aliphatic rings. The number of hydrogen-bond donors (Lipinski definition) is 1. The molecular weight excluding hydrogens is 304 g/mol. The van der Waals surface area contributed by atoms with Gasteiger partial charge in [-0.3, -0.25) is 0 Å². The van der Waals surface area contributed by atoms with Gasteiger partial charge in [0.05, 0.1) is 0 Å². The Balaban J connectivity index is 1.83. The van der Waals surface area contributed by atoms with E-state index in [9.17, 15) is 4.79 Å². The Morgan fingerprint density at radius 1 is 1.55 bits per heavy atom. The van der Waals surface area contributed by atoms with E-state index in [1.807, 2.05) is 27.7 Å². The number of carbonyl (C=O) groups excluding carboxylic acids is 1. The molecule has 1 N–H and O–H groups in total. The van der Waals surface area contributed by atoms with Crippen molar-refractivity contribution >= 4 is 23.6 Å². The Hall–Kier alpha value is -1.56. The molecule has 2 rings (SSSR count). The first-order valence-electron chi connectivity index (χ1n) is 7.45. The van der Waals surface area contributed by atoms with Crippen molar-refractivity contribution in [3.05, 3.63) is 16.9 Å². The van der Waals surface area contributed by atoms with Gasteiger partial charge >= 0.3 is 6.09 Å². The average Bonchev–Trinajstić information content (AvgIpc) is 2.86. The summed E-state index contributed by atoms with van der Waals surface area (Å²) < 4.78 is 5.23. The minimum atomic E-state index is -0.474. The van der Waals surface area contributed by atoms with Gasteiger partial charge in [0.25, 0.3) is 0 Å². The molecule has 7 heteroatoms. The van der Waals surface area contributed by atoms with Gasteiger partial charge in [0, 0.05) is 31.4 Å². The summed E-state index contributed by atoms with van der Waals surface area (Å²) in [5.74, 6) is 1.01. The first kappa shape index (κ1) is 16.8. The number of carbonyl (C=O) groups is 1. The molecule has 1 atom stereocenters. The van der Waals surface area contributed by atoms with Crippen molar-refractivity contribution in [2.24, 2.45) is 5.92 Å². The third-order valence-electron chi connectivity index (χ3n) is 3.40. The second kappa shape index (κ2) is 6.69. The third-order valence-corrected chi connectivity index (χ3v) is 3.78. The van der Waals surface area contributed by atoms with Gasteiger partial charge in [0.2, 0.25) is 5.95 Å². The van der Waals surface area contributed by atoms with E-state index in [1.165, 1.54) is 0 Å². The van der Waals surface area contributed by atoms with Crippen LogP contribution in [-0.4, -0.2) is 41.3 Å². The molecule has 0 spiro atoms. The SMILES string of the molecule is Cc1cnc(N2CCC(CNC(=O)OC(C)(C)C)C2)nc1Cl. The molecule has 22 heavy (non-hydrogen) atoms. The lowest BCUT2D eigenvalue weighted by molar-refractivity contribution is 0.0520. The van der Waals surface area contributed by atoms with Crippen molar-refractivity contribution in [3.8, 4) is 0 Å². The van der Waals surface area contributed by atoms with E-state index in [0.717, 1.165) is 25.1 Å². The topological polar surface area (TPSA) is 67.4 Å². The van der Waals surface area contributed by atoms with Crippen molar-refractivity contribution in [2.45, 2.75) is 39.7 Å². The van der Waals surface area contributed by atoms with Gasteiger partial charge < -0.3 is 15.0 Å². The molecule has 122 valence electrons. The van der Waals surface area contributed by atoms with E-state index in [-0.39, 0.29) is 6.09 Å². The Morgan fingerprint density at radius 3 is 2.91 bits per heavy atom. The molecule has 0 radical (unpaired) electrons. The van der Waals surface area contributed by atoms with Gasteiger partial charge in [-0.05, 0) is 40.0 Å². The van der Waals surface area contributed by atoms with Gasteiger partial charge in [-0.1, -0.05) is 11.6 Å². The van der Waals surface area contributed by atoms with Crippen LogP contribution in [0, 0.1) is 12.8 Å². The molecule has 2 heterocycles. The Labute approximate surface area is 136 Å². The fourth-order valence-electron chi connectivity index (χ4n) is 2.29. The number of nitrogens with zero attached hydrogens (tertiary/aromatic N) is 3. The fourth-order valence-corrected chi connectivity index (χ4v) is 2.41. The second-order valence-electron chi connectivity index (χ2n) is 6.63. The number of anilines is 1. The zero-order valence-electron chi connectivity index (χ0n) is 13.5. The van der Waals surface area contributed by atoms with E-state index in [0.29, 0.717) is 23.6 Å². The van der Waals surface area contributed by atoms with E-state index >= 15 is 0 Å². The number of aromatic nitrogens is 2. The number of hydrogen-bond acceptors (Lipinski definition) is 5. The van der Waals surface area contributed by atoms with E-state index in [4.69, 9.17) is 16.3 Å². The fraction of sp³-hybridized carbons (Fsp3) is 0.667. The van der Waals surface area contributed by atoms with Crippen molar-refractivity contribution < 1.29 is 9.53 Å². The quantitative estimate of drug-likeness (QED) is 0.865. The Bertz CT molecular complexity index is 545. The molecule has 1 aliphatic heterocycles. The van der Waals surface area contributed by atoms with Gasteiger partial charge in [-0.2, -0.15) is 0 Å². The van der Waals surface area contributed by atoms with Crippen LogP contribution in [0.15, 0.2) is 6.20 Å². The van der Waals surface area contributed by atoms with Crippen LogP contribution in [0.1, 0.15) is 32.8 Å². The third kappa shape index (κ3) is 4.73. The van der Waals surface area contributed by atoms with Crippen LogP contribution in [-0.2, 0) is 4.74 Å². The molecule has 1 amide bonds. The first-order valence-corrected chi connectivity index (χ1v) is 7.83. The highest BCUT2D eigenvalue weighted by Gasteiger charge is 2.26. The maximum Gasteiger partial charge on any atom is 0.407 e. The molecule has 1 fully saturated rings. The lowest BCUT2D eigenvalue weighted by Gasteiger charge is -2.21. The van der Waals surface area contributed by atoms with Crippen molar-refractivity contribution in [2.75, 3.05) is 24.5 Å². The van der Waals surface area contributed by atoms with Crippen molar-refractivity contribution in [3.63, 3.8) is 0 Å². The minimum absolute atomic E-state index is 0.358. The summed E-state index contributed by atoms with van der Waals surface area (Å²) in [6.45, 7) is 9.68. The van der Waals surface area contributed by atoms with Crippen molar-refractivity contribution in [1.29, 1.82) is 0 Å². The number of rotatable bonds is 3. The average molecular weight is 327 g/mol. The maximum absolute atomic E-state index is 11.7. The molecule has 1 aromatic heterocycles. The van der Waals surface area contributed by atoms with Gasteiger partial charge in [-0.25, -0.2) is 14.8 Å². The highest BCUT2D eigenvalue weighted by atomic mass is 35.5. The summed E-state index contributed by atoms with van der Waals surface area (Å²) >= 11 is 6.04. The molecule has 0 aromatic carbocycles. The van der Waals surface area contributed by atoms with E-state index in [1.54, 1.807) is 6.20 Å². The summed E-state index contributed by atoms with van der Waals surface area (Å²) in [5.41, 5.74) is 0.394. The number of ether oxygens (including phenoxy) is 1. The van der Waals surface area contributed by atoms with Crippen LogP contribution in [0.4, 0.5) is 10.7 Å². The zero-order chi connectivity index (χ0) is 16.3. The molecule has 1 saturated heterocycles. The molecule has 6 nitrogen and oxygen atoms in total. The van der Waals surface area contributed by atoms with Crippen LogP contribution >= 0.6 is 11.6 Å². The molecule has 0 saturated carbocycles. The van der Waals surface area contributed by atoms with Crippen LogP contribution in [0.25, 0.3) is 0 Å². The smallest absolute Gasteiger partial charge is 0.407 e. The van der Waals surface area contributed by atoms with Gasteiger partial charge in [0.1, 0.15) is 10.8 Å². The molecule has 0 bridgehead atoms. The number of alkyl carbamates (subject to hydrolysis) is 1. The maximum atomic E-state index is 11.7. The normalized spacial score (nSPS) is 18.4. The lowest BCUT2D eigenvalue weighted by Crippen LogP contribution is -2.36. The molecular formula is C15H23ClN4O2. The Morgan fingerprint density at radius 2 is 2.27 bits per heavy atom. The summed E-state index contributed by atoms with van der Waals surface area (Å²) in [5, 5.41) is 3.31. The standard InChI is InChI=1S/C15H23ClN4O2/c1-10-7-17-13(19-12(10)16)20-6-5-11(9-20)8-18-14(21)22-15(2,3)4/h7,11H,5-6,8-9H2,1-4H3,(H,18,21). The monoisotopic (exact) mass is 326 g/mol. The summed E-state index contributed by atoms with van der Waals surface area (Å²) in [4.78, 5) is 22.4. The molecule has 0 aliphatic carbocycles. The summed E-state index contributed by atoms with van der Waals surface area (Å²) in [6, 6.07) is 0. The van der Waals surface area contributed by atoms with Crippen LogP contribution in [0.2, 0.25) is 5.15 Å². The predicted octanol–water partition coefficient (Wildman–Crippen LogP) is 2.79. The van der Waals surface area contributed by atoms with Crippen LogP contribution in [0.5, 0.6) is 0 Å².